The zero-order valence-corrected chi connectivity index (χ0v) is 12.5. The van der Waals surface area contributed by atoms with E-state index in [1.807, 2.05) is 6.92 Å². The van der Waals surface area contributed by atoms with Crippen LogP contribution in [0, 0.1) is 5.92 Å². The van der Waals surface area contributed by atoms with E-state index in [0.717, 1.165) is 6.42 Å². The van der Waals surface area contributed by atoms with Crippen LogP contribution in [-0.4, -0.2) is 56.5 Å². The van der Waals surface area contributed by atoms with E-state index in [9.17, 15) is 13.2 Å². The van der Waals surface area contributed by atoms with E-state index in [0.29, 0.717) is 6.61 Å². The summed E-state index contributed by atoms with van der Waals surface area (Å²) in [7, 11) is -1.47. The normalized spacial score (nSPS) is 26.5. The highest BCUT2D eigenvalue weighted by atomic mass is 32.2. The van der Waals surface area contributed by atoms with Gasteiger partial charge in [-0.2, -0.15) is 0 Å². The third-order valence-corrected chi connectivity index (χ3v) is 5.49. The summed E-state index contributed by atoms with van der Waals surface area (Å²) in [6.07, 6.45) is 1.97. The van der Waals surface area contributed by atoms with Gasteiger partial charge in [0.1, 0.15) is 0 Å². The highest BCUT2D eigenvalue weighted by Crippen LogP contribution is 2.35. The fraction of sp³-hybridized carbons (Fsp3) is 0.917. The Balaban J connectivity index is 2.60. The Kier molecular flexibility index (Phi) is 4.78. The Hall–Kier alpha value is -0.620. The molecule has 5 nitrogen and oxygen atoms in total. The summed E-state index contributed by atoms with van der Waals surface area (Å²) in [6.45, 7) is 5.91. The fourth-order valence-corrected chi connectivity index (χ4v) is 2.86. The third-order valence-electron chi connectivity index (χ3n) is 3.74. The van der Waals surface area contributed by atoms with Crippen molar-refractivity contribution in [2.75, 3.05) is 19.9 Å². The van der Waals surface area contributed by atoms with Gasteiger partial charge in [-0.3, -0.25) is 4.79 Å². The molecule has 106 valence electrons. The van der Waals surface area contributed by atoms with Crippen molar-refractivity contribution < 1.29 is 17.9 Å². The van der Waals surface area contributed by atoms with Crippen LogP contribution in [0.3, 0.4) is 0 Å². The van der Waals surface area contributed by atoms with Gasteiger partial charge in [0.25, 0.3) is 0 Å². The van der Waals surface area contributed by atoms with Gasteiger partial charge >= 0.3 is 0 Å². The van der Waals surface area contributed by atoms with Crippen molar-refractivity contribution in [3.05, 3.63) is 0 Å². The maximum atomic E-state index is 12.1. The predicted molar refractivity (Wildman–Crippen MR) is 70.1 cm³/mol. The molecule has 0 aromatic rings. The number of amides is 1. The molecule has 1 saturated carbocycles. The number of nitrogens with zero attached hydrogens (tertiary/aromatic N) is 1. The van der Waals surface area contributed by atoms with E-state index in [2.05, 4.69) is 0 Å². The van der Waals surface area contributed by atoms with Crippen LogP contribution >= 0.6 is 0 Å². The molecule has 1 fully saturated rings. The van der Waals surface area contributed by atoms with Gasteiger partial charge < -0.3 is 9.64 Å². The van der Waals surface area contributed by atoms with Gasteiger partial charge in [-0.15, -0.1) is 0 Å². The molecule has 0 saturated heterocycles. The van der Waals surface area contributed by atoms with Gasteiger partial charge in [0.05, 0.1) is 17.3 Å². The summed E-state index contributed by atoms with van der Waals surface area (Å²) >= 11 is 0. The van der Waals surface area contributed by atoms with Gasteiger partial charge in [0, 0.05) is 26.0 Å². The zero-order valence-electron chi connectivity index (χ0n) is 11.7. The zero-order chi connectivity index (χ0) is 14.1. The minimum Gasteiger partial charge on any atom is -0.378 e. The van der Waals surface area contributed by atoms with Crippen molar-refractivity contribution in [1.29, 1.82) is 0 Å². The maximum Gasteiger partial charge on any atom is 0.228 e. The Morgan fingerprint density at radius 2 is 2.00 bits per heavy atom. The standard InChI is InChI=1S/C12H23NO4S/c1-6-17-11-7-10(11)12(14)13(4)8(2)9(3)18(5,15)16/h8-11H,6-7H2,1-5H3. The molecule has 1 amide bonds. The third kappa shape index (κ3) is 3.45. The summed E-state index contributed by atoms with van der Waals surface area (Å²) in [5, 5.41) is -0.559. The highest BCUT2D eigenvalue weighted by molar-refractivity contribution is 7.91. The molecule has 18 heavy (non-hydrogen) atoms. The summed E-state index contributed by atoms with van der Waals surface area (Å²) in [5.41, 5.74) is 0. The molecule has 1 aliphatic rings. The number of ether oxygens (including phenoxy) is 1. The lowest BCUT2D eigenvalue weighted by atomic mass is 10.2. The van der Waals surface area contributed by atoms with E-state index >= 15 is 0 Å². The first-order chi connectivity index (χ1) is 8.20. The number of carbonyl (C=O) groups is 1. The SMILES string of the molecule is CCOC1CC1C(=O)N(C)C(C)C(C)S(C)(=O)=O. The Morgan fingerprint density at radius 3 is 2.44 bits per heavy atom. The molecule has 4 atom stereocenters. The number of sulfone groups is 1. The average Bonchev–Trinajstić information content (AvgIpc) is 3.03. The predicted octanol–water partition coefficient (Wildman–Crippen LogP) is 0.691. The van der Waals surface area contributed by atoms with Gasteiger partial charge in [-0.25, -0.2) is 8.42 Å². The topological polar surface area (TPSA) is 63.7 Å². The first-order valence-electron chi connectivity index (χ1n) is 6.27. The highest BCUT2D eigenvalue weighted by Gasteiger charge is 2.46. The summed E-state index contributed by atoms with van der Waals surface area (Å²) in [6, 6.07) is -0.324. The first kappa shape index (κ1) is 15.4. The van der Waals surface area contributed by atoms with E-state index in [1.54, 1.807) is 20.9 Å². The molecular weight excluding hydrogens is 254 g/mol. The number of hydrogen-bond acceptors (Lipinski definition) is 4. The lowest BCUT2D eigenvalue weighted by Gasteiger charge is -2.29. The van der Waals surface area contributed by atoms with Crippen molar-refractivity contribution >= 4 is 15.7 Å². The Morgan fingerprint density at radius 1 is 1.44 bits per heavy atom. The molecule has 0 bridgehead atoms. The molecule has 4 unspecified atom stereocenters. The molecule has 0 aliphatic heterocycles. The first-order valence-corrected chi connectivity index (χ1v) is 8.22. The van der Waals surface area contributed by atoms with E-state index < -0.39 is 15.1 Å². The monoisotopic (exact) mass is 277 g/mol. The lowest BCUT2D eigenvalue weighted by molar-refractivity contribution is -0.134. The number of carbonyl (C=O) groups excluding carboxylic acids is 1. The maximum absolute atomic E-state index is 12.1. The minimum absolute atomic E-state index is 0.0172. The molecule has 0 heterocycles. The van der Waals surface area contributed by atoms with Crippen LogP contribution in [0.4, 0.5) is 0 Å². The van der Waals surface area contributed by atoms with Crippen molar-refractivity contribution in [1.82, 2.24) is 4.90 Å². The Labute approximate surface area is 109 Å². The lowest BCUT2D eigenvalue weighted by Crippen LogP contribution is -2.45. The van der Waals surface area contributed by atoms with Gasteiger partial charge in [-0.1, -0.05) is 0 Å². The van der Waals surface area contributed by atoms with Crippen LogP contribution in [0.5, 0.6) is 0 Å². The van der Waals surface area contributed by atoms with E-state index in [1.165, 1.54) is 11.2 Å². The van der Waals surface area contributed by atoms with Gasteiger partial charge in [0.15, 0.2) is 9.84 Å². The van der Waals surface area contributed by atoms with Crippen molar-refractivity contribution in [3.8, 4) is 0 Å². The van der Waals surface area contributed by atoms with E-state index in [-0.39, 0.29) is 24.0 Å². The second-order valence-electron chi connectivity index (χ2n) is 5.06. The van der Waals surface area contributed by atoms with Crippen LogP contribution in [0.25, 0.3) is 0 Å². The van der Waals surface area contributed by atoms with Crippen molar-refractivity contribution in [2.24, 2.45) is 5.92 Å². The largest absolute Gasteiger partial charge is 0.378 e. The Bertz CT molecular complexity index is 406. The van der Waals surface area contributed by atoms with Gasteiger partial charge in [0.2, 0.25) is 5.91 Å². The molecule has 0 aromatic heterocycles. The van der Waals surface area contributed by atoms with Crippen LogP contribution in [0.15, 0.2) is 0 Å². The molecule has 1 rings (SSSR count). The molecule has 1 aliphatic carbocycles. The summed E-state index contributed by atoms with van der Waals surface area (Å²) in [5.74, 6) is -0.111. The second-order valence-corrected chi connectivity index (χ2v) is 7.46. The summed E-state index contributed by atoms with van der Waals surface area (Å²) < 4.78 is 28.4. The number of rotatable bonds is 6. The summed E-state index contributed by atoms with van der Waals surface area (Å²) in [4.78, 5) is 13.7. The van der Waals surface area contributed by atoms with Crippen LogP contribution < -0.4 is 0 Å². The van der Waals surface area contributed by atoms with Crippen molar-refractivity contribution in [3.63, 3.8) is 0 Å². The number of hydrogen-bond donors (Lipinski definition) is 0. The van der Waals surface area contributed by atoms with Crippen molar-refractivity contribution in [2.45, 2.75) is 44.6 Å². The molecule has 0 spiro atoms. The quantitative estimate of drug-likeness (QED) is 0.716. The van der Waals surface area contributed by atoms with Crippen LogP contribution in [0.1, 0.15) is 27.2 Å². The van der Waals surface area contributed by atoms with Gasteiger partial charge in [-0.05, 0) is 27.2 Å². The molecule has 0 aromatic carbocycles. The molecule has 0 N–H and O–H groups in total. The van der Waals surface area contributed by atoms with Crippen LogP contribution in [-0.2, 0) is 19.4 Å². The minimum atomic E-state index is -3.13. The fourth-order valence-electron chi connectivity index (χ4n) is 1.96. The smallest absolute Gasteiger partial charge is 0.228 e. The van der Waals surface area contributed by atoms with Crippen LogP contribution in [0.2, 0.25) is 0 Å². The van der Waals surface area contributed by atoms with E-state index in [4.69, 9.17) is 4.74 Å². The molecular formula is C12H23NO4S. The average molecular weight is 277 g/mol. The molecule has 6 heteroatoms. The second kappa shape index (κ2) is 5.57. The molecule has 0 radical (unpaired) electrons.